The van der Waals surface area contributed by atoms with E-state index in [1.165, 1.54) is 10.5 Å². The van der Waals surface area contributed by atoms with E-state index < -0.39 is 12.0 Å². The summed E-state index contributed by atoms with van der Waals surface area (Å²) in [5, 5.41) is 0. The van der Waals surface area contributed by atoms with Crippen molar-refractivity contribution in [3.05, 3.63) is 100.0 Å². The molecule has 0 bridgehead atoms. The second kappa shape index (κ2) is 12.8. The predicted molar refractivity (Wildman–Crippen MR) is 154 cm³/mol. The third-order valence-corrected chi connectivity index (χ3v) is 7.12. The smallest absolute Gasteiger partial charge is 0.333 e. The second-order valence-corrected chi connectivity index (χ2v) is 10.2. The Balaban J connectivity index is 1.58. The molecule has 0 N–H and O–H groups in total. The van der Waals surface area contributed by atoms with Gasteiger partial charge in [0.25, 0.3) is 5.91 Å². The largest absolute Gasteiger partial charge is 0.490 e. The fourth-order valence-corrected chi connectivity index (χ4v) is 5.26. The highest BCUT2D eigenvalue weighted by Gasteiger charge is 2.42. The minimum absolute atomic E-state index is 0.200. The van der Waals surface area contributed by atoms with E-state index in [2.05, 4.69) is 0 Å². The Morgan fingerprint density at radius 3 is 2.39 bits per heavy atom. The Bertz CT molecular complexity index is 1340. The molecule has 196 valence electrons. The first-order valence-corrected chi connectivity index (χ1v) is 13.6. The van der Waals surface area contributed by atoms with Crippen LogP contribution in [0.2, 0.25) is 0 Å². The van der Waals surface area contributed by atoms with Gasteiger partial charge >= 0.3 is 5.97 Å². The number of thioether (sulfide) groups is 1. The molecule has 0 aliphatic carbocycles. The summed E-state index contributed by atoms with van der Waals surface area (Å²) in [4.78, 5) is 28.1. The zero-order valence-corrected chi connectivity index (χ0v) is 23.1. The Morgan fingerprint density at radius 2 is 1.71 bits per heavy atom. The van der Waals surface area contributed by atoms with Crippen molar-refractivity contribution in [2.24, 2.45) is 0 Å². The number of thiocarbonyl (C=S) groups is 1. The van der Waals surface area contributed by atoms with Crippen LogP contribution in [0.3, 0.4) is 0 Å². The third kappa shape index (κ3) is 6.44. The minimum atomic E-state index is -0.953. The van der Waals surface area contributed by atoms with Gasteiger partial charge in [0.15, 0.2) is 17.5 Å². The number of carbonyl (C=O) groups is 2. The number of hydrogen-bond donors (Lipinski definition) is 0. The molecule has 1 atom stereocenters. The molecule has 0 spiro atoms. The molecule has 1 fully saturated rings. The van der Waals surface area contributed by atoms with Crippen LogP contribution in [0.4, 0.5) is 0 Å². The highest BCUT2D eigenvalue weighted by molar-refractivity contribution is 8.26. The normalized spacial score (nSPS) is 15.0. The average Bonchev–Trinajstić information content (AvgIpc) is 3.18. The number of esters is 1. The molecule has 0 aromatic heterocycles. The molecule has 1 unspecified atom stereocenters. The highest BCUT2D eigenvalue weighted by atomic mass is 32.2. The van der Waals surface area contributed by atoms with E-state index in [0.29, 0.717) is 39.5 Å². The fourth-order valence-electron chi connectivity index (χ4n) is 3.95. The van der Waals surface area contributed by atoms with E-state index in [9.17, 15) is 9.59 Å². The molecule has 3 aromatic rings. The summed E-state index contributed by atoms with van der Waals surface area (Å²) >= 11 is 6.70. The van der Waals surface area contributed by atoms with Crippen molar-refractivity contribution >= 4 is 46.3 Å². The number of nitrogens with zero attached hydrogens (tertiary/aromatic N) is 1. The van der Waals surface area contributed by atoms with Crippen molar-refractivity contribution in [3.63, 3.8) is 0 Å². The van der Waals surface area contributed by atoms with Crippen LogP contribution in [0.5, 0.6) is 11.5 Å². The standard InChI is InChI=1S/C30H29NO5S2/c1-4-34-25-17-22(15-16-24(25)36-19-21-13-11-20(3)12-14-21)18-26-28(32)31(30(37)38-26)27(29(33)35-5-2)23-9-7-6-8-10-23/h6-18,27H,4-5,19H2,1-3H3/b26-18-. The van der Waals surface area contributed by atoms with Crippen molar-refractivity contribution in [2.45, 2.75) is 33.4 Å². The minimum Gasteiger partial charge on any atom is -0.490 e. The average molecular weight is 548 g/mol. The highest BCUT2D eigenvalue weighted by Crippen LogP contribution is 2.39. The number of benzene rings is 3. The van der Waals surface area contributed by atoms with Gasteiger partial charge in [-0.2, -0.15) is 0 Å². The molecular formula is C30H29NO5S2. The molecule has 38 heavy (non-hydrogen) atoms. The van der Waals surface area contributed by atoms with E-state index in [0.717, 1.165) is 22.9 Å². The van der Waals surface area contributed by atoms with Gasteiger partial charge in [0, 0.05) is 0 Å². The molecule has 1 heterocycles. The molecule has 0 saturated carbocycles. The van der Waals surface area contributed by atoms with Crippen molar-refractivity contribution in [2.75, 3.05) is 13.2 Å². The SMILES string of the molecule is CCOC(=O)C(c1ccccc1)N1C(=O)/C(=C/c2ccc(OCc3ccc(C)cc3)c(OCC)c2)SC1=S. The first-order valence-electron chi connectivity index (χ1n) is 12.3. The molecule has 1 amide bonds. The Kier molecular flexibility index (Phi) is 9.20. The van der Waals surface area contributed by atoms with Crippen molar-refractivity contribution in [1.82, 2.24) is 4.90 Å². The summed E-state index contributed by atoms with van der Waals surface area (Å²) in [6.07, 6.45) is 1.75. The second-order valence-electron chi connectivity index (χ2n) is 8.53. The third-order valence-electron chi connectivity index (χ3n) is 5.79. The summed E-state index contributed by atoms with van der Waals surface area (Å²) in [5.74, 6) is 0.325. The van der Waals surface area contributed by atoms with E-state index in [-0.39, 0.29) is 12.5 Å². The predicted octanol–water partition coefficient (Wildman–Crippen LogP) is 6.48. The van der Waals surface area contributed by atoms with Crippen LogP contribution in [-0.4, -0.2) is 34.3 Å². The van der Waals surface area contributed by atoms with Gasteiger partial charge in [-0.25, -0.2) is 4.79 Å². The van der Waals surface area contributed by atoms with Gasteiger partial charge in [0.2, 0.25) is 0 Å². The van der Waals surface area contributed by atoms with Gasteiger partial charge in [-0.1, -0.05) is 90.2 Å². The summed E-state index contributed by atoms with van der Waals surface area (Å²) in [5.41, 5.74) is 3.64. The zero-order chi connectivity index (χ0) is 27.1. The first-order chi connectivity index (χ1) is 18.4. The number of aryl methyl sites for hydroxylation is 1. The number of ether oxygens (including phenoxy) is 3. The van der Waals surface area contributed by atoms with Crippen LogP contribution in [0, 0.1) is 6.92 Å². The van der Waals surface area contributed by atoms with Gasteiger partial charge < -0.3 is 14.2 Å². The maximum atomic E-state index is 13.5. The zero-order valence-electron chi connectivity index (χ0n) is 21.5. The first kappa shape index (κ1) is 27.4. The van der Waals surface area contributed by atoms with Crippen LogP contribution in [0.1, 0.15) is 42.1 Å². The summed E-state index contributed by atoms with van der Waals surface area (Å²) in [6.45, 7) is 6.75. The van der Waals surface area contributed by atoms with Gasteiger partial charge in [-0.3, -0.25) is 9.69 Å². The number of hydrogen-bond acceptors (Lipinski definition) is 7. The molecule has 4 rings (SSSR count). The lowest BCUT2D eigenvalue weighted by Gasteiger charge is -2.25. The van der Waals surface area contributed by atoms with Crippen molar-refractivity contribution < 1.29 is 23.8 Å². The molecule has 1 aliphatic heterocycles. The Morgan fingerprint density at radius 1 is 0.974 bits per heavy atom. The summed E-state index contributed by atoms with van der Waals surface area (Å²) in [6, 6.07) is 21.8. The maximum Gasteiger partial charge on any atom is 0.333 e. The van der Waals surface area contributed by atoms with E-state index in [1.807, 2.05) is 74.5 Å². The van der Waals surface area contributed by atoms with Crippen LogP contribution in [0.15, 0.2) is 77.7 Å². The van der Waals surface area contributed by atoms with Gasteiger partial charge in [0.05, 0.1) is 18.1 Å². The van der Waals surface area contributed by atoms with E-state index in [1.54, 1.807) is 25.1 Å². The van der Waals surface area contributed by atoms with Crippen LogP contribution < -0.4 is 9.47 Å². The quantitative estimate of drug-likeness (QED) is 0.164. The summed E-state index contributed by atoms with van der Waals surface area (Å²) < 4.78 is 17.4. The fraction of sp³-hybridized carbons (Fsp3) is 0.233. The molecule has 1 aliphatic rings. The Hall–Kier alpha value is -3.62. The van der Waals surface area contributed by atoms with Crippen molar-refractivity contribution in [3.8, 4) is 11.5 Å². The summed E-state index contributed by atoms with van der Waals surface area (Å²) in [7, 11) is 0. The molecule has 0 radical (unpaired) electrons. The maximum absolute atomic E-state index is 13.5. The number of rotatable bonds is 10. The van der Waals surface area contributed by atoms with E-state index >= 15 is 0 Å². The number of carbonyl (C=O) groups excluding carboxylic acids is 2. The van der Waals surface area contributed by atoms with Crippen molar-refractivity contribution in [1.29, 1.82) is 0 Å². The monoisotopic (exact) mass is 547 g/mol. The molecular weight excluding hydrogens is 518 g/mol. The Labute approximate surface area is 232 Å². The van der Waals surface area contributed by atoms with Gasteiger partial charge in [0.1, 0.15) is 10.9 Å². The van der Waals surface area contributed by atoms with Crippen LogP contribution >= 0.6 is 24.0 Å². The lowest BCUT2D eigenvalue weighted by atomic mass is 10.1. The van der Waals surface area contributed by atoms with Gasteiger partial charge in [-0.15, -0.1) is 0 Å². The lowest BCUT2D eigenvalue weighted by molar-refractivity contribution is -0.151. The molecule has 3 aromatic carbocycles. The van der Waals surface area contributed by atoms with Gasteiger partial charge in [-0.05, 0) is 55.7 Å². The molecule has 1 saturated heterocycles. The molecule has 6 nitrogen and oxygen atoms in total. The van der Waals surface area contributed by atoms with Crippen LogP contribution in [-0.2, 0) is 20.9 Å². The molecule has 8 heteroatoms. The van der Waals surface area contributed by atoms with E-state index in [4.69, 9.17) is 26.4 Å². The lowest BCUT2D eigenvalue weighted by Crippen LogP contribution is -2.38. The topological polar surface area (TPSA) is 65.1 Å². The number of amides is 1. The van der Waals surface area contributed by atoms with Crippen LogP contribution in [0.25, 0.3) is 6.08 Å².